The van der Waals surface area contributed by atoms with Crippen molar-refractivity contribution in [1.29, 1.82) is 0 Å². The van der Waals surface area contributed by atoms with Gasteiger partial charge in [-0.05, 0) is 41.4 Å². The van der Waals surface area contributed by atoms with Crippen molar-refractivity contribution < 1.29 is 28.7 Å². The quantitative estimate of drug-likeness (QED) is 0.126. The molecule has 0 aliphatic carbocycles. The van der Waals surface area contributed by atoms with Gasteiger partial charge in [-0.15, -0.1) is 17.9 Å². The molecule has 3 aromatic rings. The highest BCUT2D eigenvalue weighted by molar-refractivity contribution is 7.12. The largest absolute Gasteiger partial charge is 0.465 e. The summed E-state index contributed by atoms with van der Waals surface area (Å²) in [5.74, 6) is -0.866. The standard InChI is InChI=1S/C34H45N3O6SSi/c1-8-21-37(33(40)41)27(23-43-45(6,7)34(2,3)4)28-20-19-26(44-28)22-35-31(38)30(36-32(39)42-5)29(24-15-11-9-12-16-24)25-17-13-10-14-18-25/h8-20,27,29-30H,1,21-23H2,2-7H3,(H,35,38)(H,36,39)(H,40,41)/t27-,30+/m1/s1. The number of nitrogens with zero attached hydrogens (tertiary/aromatic N) is 1. The number of amides is 3. The van der Waals surface area contributed by atoms with Crippen molar-refractivity contribution in [3.05, 3.63) is 106 Å². The smallest absolute Gasteiger partial charge is 0.408 e. The first-order chi connectivity index (χ1) is 21.3. The van der Waals surface area contributed by atoms with Gasteiger partial charge in [0.25, 0.3) is 0 Å². The number of rotatable bonds is 14. The number of carboxylic acid groups (broad SMARTS) is 1. The van der Waals surface area contributed by atoms with E-state index in [0.29, 0.717) is 0 Å². The minimum atomic E-state index is -2.17. The minimum Gasteiger partial charge on any atom is -0.465 e. The molecule has 3 N–H and O–H groups in total. The molecular formula is C34H45N3O6SSi. The first-order valence-corrected chi connectivity index (χ1v) is 18.6. The number of benzene rings is 2. The lowest BCUT2D eigenvalue weighted by molar-refractivity contribution is -0.123. The average Bonchev–Trinajstić information content (AvgIpc) is 3.48. The van der Waals surface area contributed by atoms with Gasteiger partial charge in [-0.1, -0.05) is 87.5 Å². The van der Waals surface area contributed by atoms with Crippen LogP contribution in [0.3, 0.4) is 0 Å². The normalized spacial score (nSPS) is 13.0. The number of hydrogen-bond acceptors (Lipinski definition) is 6. The summed E-state index contributed by atoms with van der Waals surface area (Å²) in [6.45, 7) is 15.0. The molecule has 0 aliphatic heterocycles. The van der Waals surface area contributed by atoms with Crippen molar-refractivity contribution in [1.82, 2.24) is 15.5 Å². The van der Waals surface area contributed by atoms with E-state index in [4.69, 9.17) is 9.16 Å². The fourth-order valence-electron chi connectivity index (χ4n) is 4.64. The second-order valence-corrected chi connectivity index (χ2v) is 18.3. The van der Waals surface area contributed by atoms with Crippen LogP contribution in [0.5, 0.6) is 0 Å². The molecule has 0 aliphatic rings. The number of methoxy groups -OCH3 is 1. The Kier molecular flexibility index (Phi) is 12.5. The lowest BCUT2D eigenvalue weighted by Gasteiger charge is -2.38. The highest BCUT2D eigenvalue weighted by Gasteiger charge is 2.39. The Morgan fingerprint density at radius 2 is 1.58 bits per heavy atom. The van der Waals surface area contributed by atoms with Gasteiger partial charge < -0.3 is 24.9 Å². The molecule has 9 nitrogen and oxygen atoms in total. The number of alkyl carbamates (subject to hydrolysis) is 1. The van der Waals surface area contributed by atoms with Crippen molar-refractivity contribution in [2.45, 2.75) is 63.4 Å². The molecule has 11 heteroatoms. The molecule has 0 saturated heterocycles. The van der Waals surface area contributed by atoms with Crippen molar-refractivity contribution in [3.8, 4) is 0 Å². The van der Waals surface area contributed by atoms with Gasteiger partial charge in [-0.3, -0.25) is 9.69 Å². The number of hydrogen-bond donors (Lipinski definition) is 3. The Labute approximate surface area is 271 Å². The van der Waals surface area contributed by atoms with Crippen LogP contribution in [0.4, 0.5) is 9.59 Å². The number of carbonyl (C=O) groups excluding carboxylic acids is 2. The molecule has 1 heterocycles. The molecule has 242 valence electrons. The number of thiophene rings is 1. The van der Waals surface area contributed by atoms with Crippen molar-refractivity contribution in [3.63, 3.8) is 0 Å². The molecular weight excluding hydrogens is 607 g/mol. The fourth-order valence-corrected chi connectivity index (χ4v) is 6.70. The second kappa shape index (κ2) is 15.9. The van der Waals surface area contributed by atoms with Crippen LogP contribution in [-0.4, -0.2) is 62.7 Å². The molecule has 0 bridgehead atoms. The lowest BCUT2D eigenvalue weighted by atomic mass is 9.84. The van der Waals surface area contributed by atoms with Gasteiger partial charge in [0.05, 0.1) is 26.3 Å². The van der Waals surface area contributed by atoms with Crippen LogP contribution < -0.4 is 10.6 Å². The van der Waals surface area contributed by atoms with Gasteiger partial charge in [0.15, 0.2) is 8.32 Å². The summed E-state index contributed by atoms with van der Waals surface area (Å²) >= 11 is 1.41. The summed E-state index contributed by atoms with van der Waals surface area (Å²) in [7, 11) is -0.907. The van der Waals surface area contributed by atoms with Gasteiger partial charge in [0.1, 0.15) is 6.04 Å². The van der Waals surface area contributed by atoms with Crippen molar-refractivity contribution >= 4 is 37.7 Å². The number of nitrogens with one attached hydrogen (secondary N) is 2. The van der Waals surface area contributed by atoms with Gasteiger partial charge >= 0.3 is 12.2 Å². The predicted octanol–water partition coefficient (Wildman–Crippen LogP) is 7.15. The third kappa shape index (κ3) is 9.53. The average molecular weight is 652 g/mol. The maximum absolute atomic E-state index is 13.8. The third-order valence-corrected chi connectivity index (χ3v) is 13.9. The number of ether oxygens (including phenoxy) is 1. The first kappa shape index (κ1) is 35.5. The van der Waals surface area contributed by atoms with E-state index in [1.165, 1.54) is 23.3 Å². The van der Waals surface area contributed by atoms with Crippen LogP contribution in [0.2, 0.25) is 18.1 Å². The predicted molar refractivity (Wildman–Crippen MR) is 181 cm³/mol. The van der Waals surface area contributed by atoms with E-state index in [1.807, 2.05) is 72.8 Å². The zero-order valence-electron chi connectivity index (χ0n) is 26.9. The van der Waals surface area contributed by atoms with Gasteiger partial charge in [-0.2, -0.15) is 0 Å². The maximum Gasteiger partial charge on any atom is 0.408 e. The van der Waals surface area contributed by atoms with Crippen LogP contribution in [-0.2, 0) is 20.5 Å². The van der Waals surface area contributed by atoms with Crippen molar-refractivity contribution in [2.24, 2.45) is 0 Å². The van der Waals surface area contributed by atoms with Crippen molar-refractivity contribution in [2.75, 3.05) is 20.3 Å². The van der Waals surface area contributed by atoms with E-state index in [1.54, 1.807) is 6.08 Å². The monoisotopic (exact) mass is 651 g/mol. The van der Waals surface area contributed by atoms with Crippen LogP contribution in [0, 0.1) is 0 Å². The molecule has 2 aromatic carbocycles. The van der Waals surface area contributed by atoms with E-state index >= 15 is 0 Å². The molecule has 0 unspecified atom stereocenters. The first-order valence-electron chi connectivity index (χ1n) is 14.8. The molecule has 2 atom stereocenters. The van der Waals surface area contributed by atoms with Crippen LogP contribution in [0.25, 0.3) is 0 Å². The molecule has 0 saturated carbocycles. The molecule has 1 aromatic heterocycles. The van der Waals surface area contributed by atoms with Gasteiger partial charge in [0, 0.05) is 22.2 Å². The van der Waals surface area contributed by atoms with Gasteiger partial charge in [-0.25, -0.2) is 9.59 Å². The van der Waals surface area contributed by atoms with Crippen LogP contribution >= 0.6 is 11.3 Å². The summed E-state index contributed by atoms with van der Waals surface area (Å²) in [5, 5.41) is 15.7. The number of carbonyl (C=O) groups is 3. The highest BCUT2D eigenvalue weighted by atomic mass is 32.1. The summed E-state index contributed by atoms with van der Waals surface area (Å²) in [6.07, 6.45) is -0.218. The zero-order valence-corrected chi connectivity index (χ0v) is 28.7. The molecule has 0 fully saturated rings. The topological polar surface area (TPSA) is 117 Å². The Bertz CT molecular complexity index is 1380. The van der Waals surface area contributed by atoms with E-state index < -0.39 is 38.5 Å². The third-order valence-electron chi connectivity index (χ3n) is 8.20. The van der Waals surface area contributed by atoms with Crippen LogP contribution in [0.1, 0.15) is 53.6 Å². The summed E-state index contributed by atoms with van der Waals surface area (Å²) in [5.41, 5.74) is 1.72. The van der Waals surface area contributed by atoms with Crippen LogP contribution in [0.15, 0.2) is 85.5 Å². The summed E-state index contributed by atoms with van der Waals surface area (Å²) < 4.78 is 11.3. The lowest BCUT2D eigenvalue weighted by Crippen LogP contribution is -2.50. The molecule has 45 heavy (non-hydrogen) atoms. The molecule has 0 radical (unpaired) electrons. The van der Waals surface area contributed by atoms with E-state index in [2.05, 4.69) is 51.1 Å². The van der Waals surface area contributed by atoms with E-state index in [0.717, 1.165) is 20.9 Å². The van der Waals surface area contributed by atoms with Gasteiger partial charge in [0.2, 0.25) is 5.91 Å². The molecule has 3 rings (SSSR count). The summed E-state index contributed by atoms with van der Waals surface area (Å²) in [4.78, 5) is 41.5. The Morgan fingerprint density at radius 3 is 2.07 bits per heavy atom. The summed E-state index contributed by atoms with van der Waals surface area (Å²) in [6, 6.07) is 21.3. The van der Waals surface area contributed by atoms with E-state index in [-0.39, 0.29) is 30.6 Å². The Balaban J connectivity index is 1.87. The molecule has 3 amide bonds. The SMILES string of the molecule is C=CCN(C(=O)O)[C@H](CO[Si](C)(C)C(C)(C)C)c1ccc(CNC(=O)[C@@H](NC(=O)OC)C(c2ccccc2)c2ccccc2)s1. The van der Waals surface area contributed by atoms with E-state index in [9.17, 15) is 19.5 Å². The molecule has 0 spiro atoms. The zero-order chi connectivity index (χ0) is 33.2. The second-order valence-electron chi connectivity index (χ2n) is 12.2. The minimum absolute atomic E-state index is 0.0406. The maximum atomic E-state index is 13.8. The Morgan fingerprint density at radius 1 is 1.00 bits per heavy atom. The fraction of sp³-hybridized carbons (Fsp3) is 0.382. The highest BCUT2D eigenvalue weighted by Crippen LogP contribution is 2.38. The Hall–Kier alpha value is -3.93.